The molecule has 0 unspecified atom stereocenters. The summed E-state index contributed by atoms with van der Waals surface area (Å²) in [6, 6.07) is 13.4. The summed E-state index contributed by atoms with van der Waals surface area (Å²) in [5.41, 5.74) is 2.48. The molecule has 6 heteroatoms. The van der Waals surface area contributed by atoms with Gasteiger partial charge in [0.1, 0.15) is 0 Å². The number of rotatable bonds is 3. The lowest BCUT2D eigenvalue weighted by molar-refractivity contribution is 0.102. The molecule has 0 fully saturated rings. The van der Waals surface area contributed by atoms with E-state index in [9.17, 15) is 4.79 Å². The van der Waals surface area contributed by atoms with Gasteiger partial charge in [-0.1, -0.05) is 33.3 Å². The average Bonchev–Trinajstić information content (AvgIpc) is 2.88. The standard InChI is InChI=1S/C16H14BrN3OS/c1-20(2)12-5-3-4-10(8-12)15(21)19-16-18-13-7-6-11(17)9-14(13)22-16/h3-9H,1-2H3,(H,18,19,21). The summed E-state index contributed by atoms with van der Waals surface area (Å²) in [4.78, 5) is 18.8. The summed E-state index contributed by atoms with van der Waals surface area (Å²) in [6.07, 6.45) is 0. The molecule has 112 valence electrons. The van der Waals surface area contributed by atoms with Crippen molar-refractivity contribution in [1.29, 1.82) is 0 Å². The summed E-state index contributed by atoms with van der Waals surface area (Å²) in [5.74, 6) is -0.151. The van der Waals surface area contributed by atoms with Crippen molar-refractivity contribution in [2.45, 2.75) is 0 Å². The van der Waals surface area contributed by atoms with Crippen LogP contribution in [0.15, 0.2) is 46.9 Å². The number of aromatic nitrogens is 1. The molecule has 0 saturated carbocycles. The number of hydrogen-bond acceptors (Lipinski definition) is 4. The van der Waals surface area contributed by atoms with Crippen LogP contribution in [0, 0.1) is 0 Å². The van der Waals surface area contributed by atoms with Crippen molar-refractivity contribution in [2.75, 3.05) is 24.3 Å². The summed E-state index contributed by atoms with van der Waals surface area (Å²) < 4.78 is 2.03. The zero-order chi connectivity index (χ0) is 15.7. The van der Waals surface area contributed by atoms with Crippen LogP contribution in [0.5, 0.6) is 0 Å². The van der Waals surface area contributed by atoms with Crippen molar-refractivity contribution >= 4 is 54.2 Å². The van der Waals surface area contributed by atoms with Crippen LogP contribution < -0.4 is 10.2 Å². The maximum atomic E-state index is 12.4. The molecule has 1 amide bonds. The van der Waals surface area contributed by atoms with Gasteiger partial charge in [0.25, 0.3) is 5.91 Å². The van der Waals surface area contributed by atoms with E-state index < -0.39 is 0 Å². The van der Waals surface area contributed by atoms with E-state index in [1.54, 1.807) is 6.07 Å². The van der Waals surface area contributed by atoms with Gasteiger partial charge in [-0.05, 0) is 36.4 Å². The van der Waals surface area contributed by atoms with Gasteiger partial charge in [-0.2, -0.15) is 0 Å². The smallest absolute Gasteiger partial charge is 0.257 e. The quantitative estimate of drug-likeness (QED) is 0.738. The van der Waals surface area contributed by atoms with Crippen LogP contribution >= 0.6 is 27.3 Å². The van der Waals surface area contributed by atoms with E-state index in [0.29, 0.717) is 10.7 Å². The van der Waals surface area contributed by atoms with Gasteiger partial charge < -0.3 is 4.90 Å². The highest BCUT2D eigenvalue weighted by Gasteiger charge is 2.11. The predicted molar refractivity (Wildman–Crippen MR) is 96.0 cm³/mol. The number of thiazole rings is 1. The molecule has 0 saturated heterocycles. The van der Waals surface area contributed by atoms with Crippen molar-refractivity contribution in [3.8, 4) is 0 Å². The largest absolute Gasteiger partial charge is 0.378 e. The lowest BCUT2D eigenvalue weighted by atomic mass is 10.2. The SMILES string of the molecule is CN(C)c1cccc(C(=O)Nc2nc3ccc(Br)cc3s2)c1. The van der Waals surface area contributed by atoms with Crippen LogP contribution in [0.2, 0.25) is 0 Å². The van der Waals surface area contributed by atoms with Crippen molar-refractivity contribution in [3.05, 3.63) is 52.5 Å². The summed E-state index contributed by atoms with van der Waals surface area (Å²) >= 11 is 4.90. The van der Waals surface area contributed by atoms with Gasteiger partial charge in [0.2, 0.25) is 0 Å². The molecule has 0 spiro atoms. The molecule has 1 aromatic heterocycles. The number of benzene rings is 2. The molecule has 0 atom stereocenters. The lowest BCUT2D eigenvalue weighted by Crippen LogP contribution is -2.14. The number of nitrogens with zero attached hydrogens (tertiary/aromatic N) is 2. The molecule has 0 aliphatic heterocycles. The first-order chi connectivity index (χ1) is 10.5. The predicted octanol–water partition coefficient (Wildman–Crippen LogP) is 4.38. The van der Waals surface area contributed by atoms with Crippen molar-refractivity contribution in [2.24, 2.45) is 0 Å². The number of hydrogen-bond donors (Lipinski definition) is 1. The van der Waals surface area contributed by atoms with Crippen molar-refractivity contribution in [3.63, 3.8) is 0 Å². The van der Waals surface area contributed by atoms with Crippen LogP contribution in [0.1, 0.15) is 10.4 Å². The van der Waals surface area contributed by atoms with E-state index in [2.05, 4.69) is 26.2 Å². The Bertz CT molecular complexity index is 844. The number of carbonyl (C=O) groups excluding carboxylic acids is 1. The van der Waals surface area contributed by atoms with E-state index >= 15 is 0 Å². The van der Waals surface area contributed by atoms with Crippen molar-refractivity contribution in [1.82, 2.24) is 4.98 Å². The third-order valence-electron chi connectivity index (χ3n) is 3.20. The Kier molecular flexibility index (Phi) is 4.13. The second kappa shape index (κ2) is 6.06. The highest BCUT2D eigenvalue weighted by Crippen LogP contribution is 2.28. The van der Waals surface area contributed by atoms with Gasteiger partial charge in [0, 0.05) is 29.8 Å². The highest BCUT2D eigenvalue weighted by atomic mass is 79.9. The fourth-order valence-electron chi connectivity index (χ4n) is 2.05. The monoisotopic (exact) mass is 375 g/mol. The molecule has 4 nitrogen and oxygen atoms in total. The molecular formula is C16H14BrN3OS. The Morgan fingerprint density at radius 2 is 2.05 bits per heavy atom. The van der Waals surface area contributed by atoms with E-state index in [1.807, 2.05) is 55.4 Å². The molecular weight excluding hydrogens is 362 g/mol. The first-order valence-electron chi connectivity index (χ1n) is 6.68. The molecule has 3 aromatic rings. The van der Waals surface area contributed by atoms with E-state index in [4.69, 9.17) is 0 Å². The number of halogens is 1. The van der Waals surface area contributed by atoms with Gasteiger partial charge in [-0.15, -0.1) is 0 Å². The average molecular weight is 376 g/mol. The molecule has 0 aliphatic carbocycles. The Morgan fingerprint density at radius 3 is 2.82 bits per heavy atom. The van der Waals surface area contributed by atoms with Crippen LogP contribution in [-0.2, 0) is 0 Å². The second-order valence-electron chi connectivity index (χ2n) is 5.03. The Hall–Kier alpha value is -1.92. The molecule has 0 radical (unpaired) electrons. The number of carbonyl (C=O) groups is 1. The van der Waals surface area contributed by atoms with Gasteiger partial charge in [-0.3, -0.25) is 10.1 Å². The van der Waals surface area contributed by atoms with Crippen LogP contribution in [0.25, 0.3) is 10.2 Å². The topological polar surface area (TPSA) is 45.2 Å². The minimum Gasteiger partial charge on any atom is -0.378 e. The molecule has 0 aliphatic rings. The maximum Gasteiger partial charge on any atom is 0.257 e. The lowest BCUT2D eigenvalue weighted by Gasteiger charge is -2.13. The number of amides is 1. The summed E-state index contributed by atoms with van der Waals surface area (Å²) in [7, 11) is 3.89. The van der Waals surface area contributed by atoms with Gasteiger partial charge in [0.15, 0.2) is 5.13 Å². The van der Waals surface area contributed by atoms with Crippen molar-refractivity contribution < 1.29 is 4.79 Å². The van der Waals surface area contributed by atoms with Crippen LogP contribution in [0.4, 0.5) is 10.8 Å². The van der Waals surface area contributed by atoms with Gasteiger partial charge >= 0.3 is 0 Å². The Labute approximate surface area is 140 Å². The fourth-order valence-corrected chi connectivity index (χ4v) is 3.46. The molecule has 22 heavy (non-hydrogen) atoms. The number of anilines is 2. The second-order valence-corrected chi connectivity index (χ2v) is 6.98. The van der Waals surface area contributed by atoms with E-state index in [0.717, 1.165) is 20.4 Å². The van der Waals surface area contributed by atoms with Crippen LogP contribution in [-0.4, -0.2) is 25.0 Å². The van der Waals surface area contributed by atoms with E-state index in [-0.39, 0.29) is 5.91 Å². The first-order valence-corrected chi connectivity index (χ1v) is 8.29. The normalized spacial score (nSPS) is 10.7. The molecule has 2 aromatic carbocycles. The molecule has 3 rings (SSSR count). The zero-order valence-electron chi connectivity index (χ0n) is 12.1. The Morgan fingerprint density at radius 1 is 1.23 bits per heavy atom. The van der Waals surface area contributed by atoms with E-state index in [1.165, 1.54) is 11.3 Å². The minimum absolute atomic E-state index is 0.151. The van der Waals surface area contributed by atoms with Gasteiger partial charge in [-0.25, -0.2) is 4.98 Å². The van der Waals surface area contributed by atoms with Gasteiger partial charge in [0.05, 0.1) is 10.2 Å². The first kappa shape index (κ1) is 15.0. The maximum absolute atomic E-state index is 12.4. The summed E-state index contributed by atoms with van der Waals surface area (Å²) in [6.45, 7) is 0. The Balaban J connectivity index is 1.84. The molecule has 1 N–H and O–H groups in total. The number of fused-ring (bicyclic) bond motifs is 1. The minimum atomic E-state index is -0.151. The third kappa shape index (κ3) is 3.13. The fraction of sp³-hybridized carbons (Fsp3) is 0.125. The molecule has 1 heterocycles. The third-order valence-corrected chi connectivity index (χ3v) is 4.62. The number of nitrogens with one attached hydrogen (secondary N) is 1. The summed E-state index contributed by atoms with van der Waals surface area (Å²) in [5, 5.41) is 3.47. The zero-order valence-corrected chi connectivity index (χ0v) is 14.5. The highest BCUT2D eigenvalue weighted by molar-refractivity contribution is 9.10. The molecule has 0 bridgehead atoms. The van der Waals surface area contributed by atoms with Crippen LogP contribution in [0.3, 0.4) is 0 Å².